The first-order valence-electron chi connectivity index (χ1n) is 7.15. The van der Waals surface area contributed by atoms with Crippen LogP contribution in [0.1, 0.15) is 48.6 Å². The standard InChI is InChI=1S/C17H30N2/c1-12-10-14(3)15(11-13(12)2)16(19(6)7)17(4,5)8-9-18/h10-11,16H,8-9,18H2,1-7H3. The van der Waals surface area contributed by atoms with Gasteiger partial charge in [-0.15, -0.1) is 0 Å². The Morgan fingerprint density at radius 2 is 1.58 bits per heavy atom. The highest BCUT2D eigenvalue weighted by atomic mass is 15.1. The molecule has 0 aliphatic rings. The summed E-state index contributed by atoms with van der Waals surface area (Å²) in [5.74, 6) is 0. The van der Waals surface area contributed by atoms with Crippen molar-refractivity contribution in [2.75, 3.05) is 20.6 Å². The van der Waals surface area contributed by atoms with Crippen LogP contribution in [0.5, 0.6) is 0 Å². The molecule has 2 heteroatoms. The Hall–Kier alpha value is -0.860. The average molecular weight is 262 g/mol. The summed E-state index contributed by atoms with van der Waals surface area (Å²) in [5, 5.41) is 0. The smallest absolute Gasteiger partial charge is 0.0396 e. The predicted octanol–water partition coefficient (Wildman–Crippen LogP) is 3.59. The molecule has 0 bridgehead atoms. The Balaban J connectivity index is 3.31. The van der Waals surface area contributed by atoms with Crippen molar-refractivity contribution >= 4 is 0 Å². The zero-order chi connectivity index (χ0) is 14.8. The predicted molar refractivity (Wildman–Crippen MR) is 84.5 cm³/mol. The van der Waals surface area contributed by atoms with Gasteiger partial charge in [0.05, 0.1) is 0 Å². The van der Waals surface area contributed by atoms with Crippen molar-refractivity contribution in [3.63, 3.8) is 0 Å². The summed E-state index contributed by atoms with van der Waals surface area (Å²) >= 11 is 0. The maximum atomic E-state index is 5.80. The highest BCUT2D eigenvalue weighted by Gasteiger charge is 2.32. The average Bonchev–Trinajstić information content (AvgIpc) is 2.24. The number of hydrogen-bond donors (Lipinski definition) is 1. The minimum atomic E-state index is 0.171. The first-order chi connectivity index (χ1) is 8.70. The van der Waals surface area contributed by atoms with Crippen LogP contribution >= 0.6 is 0 Å². The van der Waals surface area contributed by atoms with Crippen molar-refractivity contribution in [1.29, 1.82) is 0 Å². The fraction of sp³-hybridized carbons (Fsp3) is 0.647. The maximum Gasteiger partial charge on any atom is 0.0396 e. The molecular formula is C17H30N2. The summed E-state index contributed by atoms with van der Waals surface area (Å²) in [7, 11) is 4.33. The fourth-order valence-electron chi connectivity index (χ4n) is 3.18. The van der Waals surface area contributed by atoms with E-state index in [9.17, 15) is 0 Å². The Morgan fingerprint density at radius 3 is 2.05 bits per heavy atom. The lowest BCUT2D eigenvalue weighted by Gasteiger charge is -2.40. The molecule has 2 nitrogen and oxygen atoms in total. The molecule has 0 spiro atoms. The SMILES string of the molecule is Cc1cc(C)c(C(N(C)C)C(C)(C)CCN)cc1C. The fourth-order valence-corrected chi connectivity index (χ4v) is 3.18. The summed E-state index contributed by atoms with van der Waals surface area (Å²) in [6.45, 7) is 12.0. The van der Waals surface area contributed by atoms with E-state index >= 15 is 0 Å². The minimum Gasteiger partial charge on any atom is -0.330 e. The Bertz CT molecular complexity index is 433. The third kappa shape index (κ3) is 3.58. The maximum absolute atomic E-state index is 5.80. The van der Waals surface area contributed by atoms with E-state index in [0.717, 1.165) is 13.0 Å². The number of hydrogen-bond acceptors (Lipinski definition) is 2. The van der Waals surface area contributed by atoms with E-state index in [-0.39, 0.29) is 5.41 Å². The molecule has 1 unspecified atom stereocenters. The third-order valence-electron chi connectivity index (χ3n) is 4.22. The van der Waals surface area contributed by atoms with Gasteiger partial charge in [0.1, 0.15) is 0 Å². The lowest BCUT2D eigenvalue weighted by molar-refractivity contribution is 0.128. The molecule has 1 atom stereocenters. The molecular weight excluding hydrogens is 232 g/mol. The third-order valence-corrected chi connectivity index (χ3v) is 4.22. The number of nitrogens with two attached hydrogens (primary N) is 1. The second-order valence-electron chi connectivity index (χ2n) is 6.69. The topological polar surface area (TPSA) is 29.3 Å². The van der Waals surface area contributed by atoms with E-state index in [1.807, 2.05) is 0 Å². The van der Waals surface area contributed by atoms with Gasteiger partial charge < -0.3 is 10.6 Å². The van der Waals surface area contributed by atoms with Crippen LogP contribution in [0.25, 0.3) is 0 Å². The molecule has 0 aliphatic heterocycles. The van der Waals surface area contributed by atoms with Crippen LogP contribution in [0.3, 0.4) is 0 Å². The molecule has 0 saturated carbocycles. The van der Waals surface area contributed by atoms with Crippen molar-refractivity contribution in [3.8, 4) is 0 Å². The molecule has 0 saturated heterocycles. The van der Waals surface area contributed by atoms with Crippen molar-refractivity contribution in [2.24, 2.45) is 11.1 Å². The summed E-state index contributed by atoms with van der Waals surface area (Å²) in [4.78, 5) is 2.33. The van der Waals surface area contributed by atoms with Gasteiger partial charge in [-0.25, -0.2) is 0 Å². The van der Waals surface area contributed by atoms with Gasteiger partial charge >= 0.3 is 0 Å². The van der Waals surface area contributed by atoms with Gasteiger partial charge in [0.2, 0.25) is 0 Å². The lowest BCUT2D eigenvalue weighted by atomic mass is 9.75. The van der Waals surface area contributed by atoms with E-state index in [2.05, 4.69) is 65.7 Å². The quantitative estimate of drug-likeness (QED) is 0.878. The molecule has 0 aliphatic carbocycles. The number of nitrogens with zero attached hydrogens (tertiary/aromatic N) is 1. The zero-order valence-electron chi connectivity index (χ0n) is 13.7. The normalized spacial score (nSPS) is 13.9. The lowest BCUT2D eigenvalue weighted by Crippen LogP contribution is -2.35. The summed E-state index contributed by atoms with van der Waals surface area (Å²) in [6.07, 6.45) is 1.03. The van der Waals surface area contributed by atoms with Gasteiger partial charge in [-0.3, -0.25) is 0 Å². The van der Waals surface area contributed by atoms with Crippen LogP contribution in [0.2, 0.25) is 0 Å². The first-order valence-corrected chi connectivity index (χ1v) is 7.15. The van der Waals surface area contributed by atoms with E-state index in [4.69, 9.17) is 5.73 Å². The highest BCUT2D eigenvalue weighted by molar-refractivity contribution is 5.39. The van der Waals surface area contributed by atoms with Gasteiger partial charge in [0.15, 0.2) is 0 Å². The summed E-state index contributed by atoms with van der Waals surface area (Å²) in [5.41, 5.74) is 11.5. The molecule has 0 aromatic heterocycles. The van der Waals surface area contributed by atoms with Crippen LogP contribution in [0.15, 0.2) is 12.1 Å². The number of aryl methyl sites for hydroxylation is 3. The van der Waals surface area contributed by atoms with Crippen molar-refractivity contribution in [1.82, 2.24) is 4.90 Å². The van der Waals surface area contributed by atoms with Gasteiger partial charge in [-0.05, 0) is 75.5 Å². The highest BCUT2D eigenvalue weighted by Crippen LogP contribution is 2.41. The largest absolute Gasteiger partial charge is 0.330 e. The monoisotopic (exact) mass is 262 g/mol. The Morgan fingerprint density at radius 1 is 1.05 bits per heavy atom. The molecule has 0 amide bonds. The molecule has 0 fully saturated rings. The van der Waals surface area contributed by atoms with Gasteiger partial charge in [0, 0.05) is 6.04 Å². The molecule has 1 aromatic carbocycles. The summed E-state index contributed by atoms with van der Waals surface area (Å²) < 4.78 is 0. The van der Waals surface area contributed by atoms with Gasteiger partial charge in [-0.2, -0.15) is 0 Å². The minimum absolute atomic E-state index is 0.171. The van der Waals surface area contributed by atoms with Crippen molar-refractivity contribution in [2.45, 2.75) is 47.1 Å². The van der Waals surface area contributed by atoms with Crippen molar-refractivity contribution < 1.29 is 0 Å². The van der Waals surface area contributed by atoms with Gasteiger partial charge in [0.25, 0.3) is 0 Å². The van der Waals surface area contributed by atoms with E-state index in [1.54, 1.807) is 0 Å². The Labute approximate surface area is 119 Å². The molecule has 1 aromatic rings. The first kappa shape index (κ1) is 16.2. The van der Waals surface area contributed by atoms with E-state index in [0.29, 0.717) is 6.04 Å². The zero-order valence-corrected chi connectivity index (χ0v) is 13.7. The van der Waals surface area contributed by atoms with Crippen LogP contribution in [-0.4, -0.2) is 25.5 Å². The van der Waals surface area contributed by atoms with E-state index in [1.165, 1.54) is 22.3 Å². The number of benzene rings is 1. The molecule has 0 radical (unpaired) electrons. The van der Waals surface area contributed by atoms with E-state index < -0.39 is 0 Å². The Kier molecular flexibility index (Phi) is 5.17. The van der Waals surface area contributed by atoms with Gasteiger partial charge in [-0.1, -0.05) is 26.0 Å². The second-order valence-corrected chi connectivity index (χ2v) is 6.69. The van der Waals surface area contributed by atoms with Crippen LogP contribution < -0.4 is 5.73 Å². The van der Waals surface area contributed by atoms with Crippen LogP contribution in [0.4, 0.5) is 0 Å². The molecule has 2 N–H and O–H groups in total. The molecule has 19 heavy (non-hydrogen) atoms. The molecule has 108 valence electrons. The molecule has 0 heterocycles. The summed E-state index contributed by atoms with van der Waals surface area (Å²) in [6, 6.07) is 5.06. The van der Waals surface area contributed by atoms with Crippen LogP contribution in [0, 0.1) is 26.2 Å². The van der Waals surface area contributed by atoms with Crippen molar-refractivity contribution in [3.05, 3.63) is 34.4 Å². The number of rotatable bonds is 5. The van der Waals surface area contributed by atoms with Crippen LogP contribution in [-0.2, 0) is 0 Å². The molecule has 1 rings (SSSR count). The second kappa shape index (κ2) is 6.06.